The third-order valence-corrected chi connectivity index (χ3v) is 5.84. The molecule has 0 unspecified atom stereocenters. The summed E-state index contributed by atoms with van der Waals surface area (Å²) in [6, 6.07) is 23.1. The van der Waals surface area contributed by atoms with Gasteiger partial charge in [0.05, 0.1) is 11.4 Å². The lowest BCUT2D eigenvalue weighted by Gasteiger charge is -2.21. The minimum atomic E-state index is 0.870. The smallest absolute Gasteiger partial charge is 0.0709 e. The van der Waals surface area contributed by atoms with Crippen LogP contribution in [0.15, 0.2) is 79.9 Å². The Morgan fingerprint density at radius 1 is 0.677 bits per heavy atom. The Bertz CT molecular complexity index is 1030. The zero-order chi connectivity index (χ0) is 22.4. The zero-order valence-corrected chi connectivity index (χ0v) is 19.2. The molecule has 3 nitrogen and oxygen atoms in total. The van der Waals surface area contributed by atoms with E-state index < -0.39 is 0 Å². The first kappa shape index (κ1) is 22.4. The highest BCUT2D eigenvalue weighted by Gasteiger charge is 2.10. The monoisotopic (exact) mass is 411 g/mol. The Morgan fingerprint density at radius 3 is 1.55 bits per heavy atom. The molecule has 0 atom stereocenters. The minimum absolute atomic E-state index is 0.870. The number of hydrogen-bond acceptors (Lipinski definition) is 3. The molecule has 0 aliphatic rings. The van der Waals surface area contributed by atoms with Crippen LogP contribution in [0.1, 0.15) is 43.3 Å². The standard InChI is InChI=1S/C28H33N3/c1-7-30(6)25-17-13-23(14-18-25)21(4)27-11-10-12-28(29-27)22(5)24-15-19-26(20-16-24)31(8-2)9-3/h10-20H,4-5,7-9H2,1-3,6H3. The van der Waals surface area contributed by atoms with E-state index in [1.165, 1.54) is 11.4 Å². The molecule has 0 aliphatic heterocycles. The second-order valence-corrected chi connectivity index (χ2v) is 7.65. The van der Waals surface area contributed by atoms with Crippen molar-refractivity contribution in [3.63, 3.8) is 0 Å². The molecule has 1 aromatic heterocycles. The van der Waals surface area contributed by atoms with Crippen molar-refractivity contribution in [1.82, 2.24) is 4.98 Å². The summed E-state index contributed by atoms with van der Waals surface area (Å²) in [5.41, 5.74) is 8.16. The second-order valence-electron chi connectivity index (χ2n) is 7.65. The molecule has 0 radical (unpaired) electrons. The Balaban J connectivity index is 1.80. The number of rotatable bonds is 9. The van der Waals surface area contributed by atoms with Crippen LogP contribution in [0.25, 0.3) is 11.1 Å². The molecule has 0 saturated heterocycles. The van der Waals surface area contributed by atoms with Gasteiger partial charge in [-0.05, 0) is 68.3 Å². The lowest BCUT2D eigenvalue weighted by Crippen LogP contribution is -2.21. The molecule has 0 spiro atoms. The molecule has 1 heterocycles. The Labute approximate surface area is 187 Å². The molecule has 3 aromatic rings. The van der Waals surface area contributed by atoms with Gasteiger partial charge < -0.3 is 9.80 Å². The lowest BCUT2D eigenvalue weighted by atomic mass is 10.0. The van der Waals surface area contributed by atoms with Crippen LogP contribution < -0.4 is 9.80 Å². The van der Waals surface area contributed by atoms with Crippen molar-refractivity contribution in [3.05, 3.63) is 102 Å². The Kier molecular flexibility index (Phi) is 7.30. The summed E-state index contributed by atoms with van der Waals surface area (Å²) < 4.78 is 0. The van der Waals surface area contributed by atoms with Crippen LogP contribution in [0.5, 0.6) is 0 Å². The van der Waals surface area contributed by atoms with Crippen LogP contribution in [0.3, 0.4) is 0 Å². The average molecular weight is 412 g/mol. The van der Waals surface area contributed by atoms with Gasteiger partial charge in [0.2, 0.25) is 0 Å². The minimum Gasteiger partial charge on any atom is -0.375 e. The fourth-order valence-corrected chi connectivity index (χ4v) is 3.63. The first-order valence-corrected chi connectivity index (χ1v) is 11.0. The molecule has 0 fully saturated rings. The van der Waals surface area contributed by atoms with E-state index >= 15 is 0 Å². The van der Waals surface area contributed by atoms with Crippen molar-refractivity contribution in [1.29, 1.82) is 0 Å². The highest BCUT2D eigenvalue weighted by molar-refractivity contribution is 5.80. The summed E-state index contributed by atoms with van der Waals surface area (Å²) in [5, 5.41) is 0. The van der Waals surface area contributed by atoms with Crippen LogP contribution >= 0.6 is 0 Å². The number of aromatic nitrogens is 1. The first-order valence-electron chi connectivity index (χ1n) is 11.0. The van der Waals surface area contributed by atoms with E-state index in [0.29, 0.717) is 0 Å². The van der Waals surface area contributed by atoms with Crippen molar-refractivity contribution < 1.29 is 0 Å². The maximum atomic E-state index is 4.87. The first-order chi connectivity index (χ1) is 15.0. The van der Waals surface area contributed by atoms with Crippen molar-refractivity contribution in [2.45, 2.75) is 20.8 Å². The predicted molar refractivity (Wildman–Crippen MR) is 136 cm³/mol. The SMILES string of the molecule is C=C(c1ccc(N(C)CC)cc1)c1cccc(C(=C)c2ccc(N(CC)CC)cc2)n1. The van der Waals surface area contributed by atoms with Crippen molar-refractivity contribution >= 4 is 22.5 Å². The molecule has 0 saturated carbocycles. The van der Waals surface area contributed by atoms with Crippen LogP contribution in [0, 0.1) is 0 Å². The number of anilines is 2. The van der Waals surface area contributed by atoms with E-state index in [-0.39, 0.29) is 0 Å². The highest BCUT2D eigenvalue weighted by Crippen LogP contribution is 2.27. The van der Waals surface area contributed by atoms with E-state index in [1.807, 2.05) is 18.2 Å². The van der Waals surface area contributed by atoms with Gasteiger partial charge in [-0.2, -0.15) is 0 Å². The molecule has 3 rings (SSSR count). The Morgan fingerprint density at radius 2 is 1.13 bits per heavy atom. The van der Waals surface area contributed by atoms with Crippen LogP contribution in [-0.2, 0) is 0 Å². The molecule has 0 amide bonds. The Hall–Kier alpha value is -3.33. The van der Waals surface area contributed by atoms with Gasteiger partial charge >= 0.3 is 0 Å². The molecular formula is C28H33N3. The molecule has 0 N–H and O–H groups in total. The number of pyridine rings is 1. The van der Waals surface area contributed by atoms with E-state index in [1.54, 1.807) is 0 Å². The topological polar surface area (TPSA) is 19.4 Å². The number of benzene rings is 2. The van der Waals surface area contributed by atoms with Gasteiger partial charge in [-0.25, -0.2) is 4.98 Å². The number of nitrogens with zero attached hydrogens (tertiary/aromatic N) is 3. The summed E-state index contributed by atoms with van der Waals surface area (Å²) in [5.74, 6) is 0. The third kappa shape index (κ3) is 5.05. The molecule has 160 valence electrons. The normalized spacial score (nSPS) is 10.6. The van der Waals surface area contributed by atoms with Gasteiger partial charge in [0.15, 0.2) is 0 Å². The van der Waals surface area contributed by atoms with Gasteiger partial charge in [-0.1, -0.05) is 43.5 Å². The number of hydrogen-bond donors (Lipinski definition) is 0. The predicted octanol–water partition coefficient (Wildman–Crippen LogP) is 6.51. The van der Waals surface area contributed by atoms with Gasteiger partial charge in [0, 0.05) is 49.2 Å². The summed E-state index contributed by atoms with van der Waals surface area (Å²) in [6.07, 6.45) is 0. The maximum Gasteiger partial charge on any atom is 0.0709 e. The second kappa shape index (κ2) is 10.1. The largest absolute Gasteiger partial charge is 0.375 e. The van der Waals surface area contributed by atoms with Crippen molar-refractivity contribution in [3.8, 4) is 0 Å². The van der Waals surface area contributed by atoms with Crippen molar-refractivity contribution in [2.24, 2.45) is 0 Å². The maximum absolute atomic E-state index is 4.87. The average Bonchev–Trinajstić information content (AvgIpc) is 2.84. The van der Waals surface area contributed by atoms with Gasteiger partial charge in [0.1, 0.15) is 0 Å². The zero-order valence-electron chi connectivity index (χ0n) is 19.2. The summed E-state index contributed by atoms with van der Waals surface area (Å²) in [4.78, 5) is 9.41. The summed E-state index contributed by atoms with van der Waals surface area (Å²) in [6.45, 7) is 18.1. The van der Waals surface area contributed by atoms with E-state index in [9.17, 15) is 0 Å². The van der Waals surface area contributed by atoms with E-state index in [4.69, 9.17) is 4.98 Å². The van der Waals surface area contributed by atoms with Crippen molar-refractivity contribution in [2.75, 3.05) is 36.5 Å². The third-order valence-electron chi connectivity index (χ3n) is 5.84. The molecule has 0 aliphatic carbocycles. The highest BCUT2D eigenvalue weighted by atomic mass is 15.1. The fraction of sp³-hybridized carbons (Fsp3) is 0.250. The molecular weight excluding hydrogens is 378 g/mol. The molecule has 31 heavy (non-hydrogen) atoms. The lowest BCUT2D eigenvalue weighted by molar-refractivity contribution is 0.866. The van der Waals surface area contributed by atoms with Crippen LogP contribution in [-0.4, -0.2) is 31.7 Å². The molecule has 3 heteroatoms. The van der Waals surface area contributed by atoms with Crippen LogP contribution in [0.2, 0.25) is 0 Å². The molecule has 0 bridgehead atoms. The quantitative estimate of drug-likeness (QED) is 0.400. The fourth-order valence-electron chi connectivity index (χ4n) is 3.63. The van der Waals surface area contributed by atoms with Gasteiger partial charge in [-0.3, -0.25) is 0 Å². The van der Waals surface area contributed by atoms with Gasteiger partial charge in [0.25, 0.3) is 0 Å². The van der Waals surface area contributed by atoms with E-state index in [0.717, 1.165) is 53.3 Å². The molecule has 2 aromatic carbocycles. The van der Waals surface area contributed by atoms with E-state index in [2.05, 4.69) is 99.3 Å². The van der Waals surface area contributed by atoms with Gasteiger partial charge in [-0.15, -0.1) is 0 Å². The summed E-state index contributed by atoms with van der Waals surface area (Å²) in [7, 11) is 2.09. The summed E-state index contributed by atoms with van der Waals surface area (Å²) >= 11 is 0. The van der Waals surface area contributed by atoms with Crippen LogP contribution in [0.4, 0.5) is 11.4 Å².